The van der Waals surface area contributed by atoms with Gasteiger partial charge in [-0.05, 0) is 12.1 Å². The molecule has 0 aliphatic rings. The third-order valence-electron chi connectivity index (χ3n) is 2.77. The molecule has 2 N–H and O–H groups in total. The van der Waals surface area contributed by atoms with Crippen molar-refractivity contribution in [3.8, 4) is 11.5 Å². The molecule has 2 rings (SSSR count). The lowest BCUT2D eigenvalue weighted by Crippen LogP contribution is -2.26. The summed E-state index contributed by atoms with van der Waals surface area (Å²) in [5.41, 5.74) is 0.464. The third-order valence-corrected chi connectivity index (χ3v) is 2.77. The van der Waals surface area contributed by atoms with E-state index in [1.165, 1.54) is 13.4 Å². The summed E-state index contributed by atoms with van der Waals surface area (Å²) in [6, 6.07) is 5.06. The summed E-state index contributed by atoms with van der Waals surface area (Å²) in [7, 11) is 3.08. The highest BCUT2D eigenvalue weighted by atomic mass is 16.5. The van der Waals surface area contributed by atoms with Crippen molar-refractivity contribution in [3.63, 3.8) is 0 Å². The van der Waals surface area contributed by atoms with E-state index in [0.29, 0.717) is 30.0 Å². The van der Waals surface area contributed by atoms with E-state index >= 15 is 0 Å². The minimum absolute atomic E-state index is 0.205. The van der Waals surface area contributed by atoms with Crippen LogP contribution in [-0.4, -0.2) is 41.9 Å². The average Bonchev–Trinajstić information content (AvgIpc) is 2.99. The van der Waals surface area contributed by atoms with Crippen LogP contribution in [0.25, 0.3) is 0 Å². The number of H-pyrrole nitrogens is 1. The fraction of sp³-hybridized carbons (Fsp3) is 0.308. The van der Waals surface area contributed by atoms with Crippen LogP contribution < -0.4 is 14.8 Å². The number of hydrogen-bond donors (Lipinski definition) is 2. The van der Waals surface area contributed by atoms with Crippen LogP contribution in [0.3, 0.4) is 0 Å². The average molecular weight is 276 g/mol. The van der Waals surface area contributed by atoms with Crippen LogP contribution >= 0.6 is 0 Å². The van der Waals surface area contributed by atoms with E-state index in [9.17, 15) is 4.79 Å². The summed E-state index contributed by atoms with van der Waals surface area (Å²) >= 11 is 0. The fourth-order valence-corrected chi connectivity index (χ4v) is 1.73. The molecule has 0 spiro atoms. The van der Waals surface area contributed by atoms with Gasteiger partial charge in [0.1, 0.15) is 23.7 Å². The Hall–Kier alpha value is -2.57. The Labute approximate surface area is 116 Å². The third kappa shape index (κ3) is 3.25. The van der Waals surface area contributed by atoms with Crippen molar-refractivity contribution in [1.29, 1.82) is 0 Å². The maximum atomic E-state index is 12.1. The first-order valence-corrected chi connectivity index (χ1v) is 6.09. The minimum atomic E-state index is -0.205. The van der Waals surface area contributed by atoms with E-state index in [1.807, 2.05) is 0 Å². The van der Waals surface area contributed by atoms with Crippen molar-refractivity contribution in [2.24, 2.45) is 0 Å². The molecule has 0 aliphatic heterocycles. The van der Waals surface area contributed by atoms with Crippen LogP contribution in [0.15, 0.2) is 24.5 Å². The summed E-state index contributed by atoms with van der Waals surface area (Å²) < 4.78 is 10.3. The van der Waals surface area contributed by atoms with Crippen molar-refractivity contribution < 1.29 is 14.3 Å². The first-order chi connectivity index (χ1) is 9.74. The minimum Gasteiger partial charge on any atom is -0.497 e. The van der Waals surface area contributed by atoms with Gasteiger partial charge in [0.2, 0.25) is 0 Å². The number of nitrogens with one attached hydrogen (secondary N) is 2. The highest BCUT2D eigenvalue weighted by molar-refractivity contribution is 5.97. The van der Waals surface area contributed by atoms with Crippen molar-refractivity contribution in [2.45, 2.75) is 6.42 Å². The fourth-order valence-electron chi connectivity index (χ4n) is 1.73. The first-order valence-electron chi connectivity index (χ1n) is 6.09. The lowest BCUT2D eigenvalue weighted by atomic mass is 10.1. The summed E-state index contributed by atoms with van der Waals surface area (Å²) in [6.07, 6.45) is 2.02. The molecule has 0 unspecified atom stereocenters. The van der Waals surface area contributed by atoms with E-state index in [2.05, 4.69) is 20.5 Å². The van der Waals surface area contributed by atoms with E-state index in [0.717, 1.165) is 5.82 Å². The molecular formula is C13H16N4O3. The molecule has 0 saturated carbocycles. The Morgan fingerprint density at radius 2 is 2.20 bits per heavy atom. The largest absolute Gasteiger partial charge is 0.497 e. The zero-order chi connectivity index (χ0) is 14.4. The molecular weight excluding hydrogens is 260 g/mol. The predicted octanol–water partition coefficient (Wildman–Crippen LogP) is 0.794. The lowest BCUT2D eigenvalue weighted by molar-refractivity contribution is 0.0951. The molecule has 1 aromatic carbocycles. The van der Waals surface area contributed by atoms with Crippen LogP contribution in [-0.2, 0) is 6.42 Å². The number of carbonyl (C=O) groups is 1. The van der Waals surface area contributed by atoms with Gasteiger partial charge in [-0.25, -0.2) is 4.98 Å². The molecule has 0 aliphatic carbocycles. The standard InChI is InChI=1S/C13H16N4O3/c1-19-9-3-4-10(11(7-9)20-2)13(18)14-6-5-12-15-8-16-17-12/h3-4,7-8H,5-6H2,1-2H3,(H,14,18)(H,15,16,17). The molecule has 106 valence electrons. The molecule has 0 bridgehead atoms. The van der Waals surface area contributed by atoms with Crippen LogP contribution in [0, 0.1) is 0 Å². The Kier molecular flexibility index (Phi) is 4.54. The van der Waals surface area contributed by atoms with Gasteiger partial charge in [-0.15, -0.1) is 0 Å². The second-order valence-corrected chi connectivity index (χ2v) is 4.00. The number of aromatic amines is 1. The number of methoxy groups -OCH3 is 2. The molecule has 0 saturated heterocycles. The Bertz CT molecular complexity index is 569. The molecule has 0 fully saturated rings. The Morgan fingerprint density at radius 3 is 2.85 bits per heavy atom. The molecule has 0 atom stereocenters. The number of ether oxygens (including phenoxy) is 2. The number of amides is 1. The maximum absolute atomic E-state index is 12.1. The van der Waals surface area contributed by atoms with Gasteiger partial charge in [0.15, 0.2) is 0 Å². The van der Waals surface area contributed by atoms with E-state index in [-0.39, 0.29) is 5.91 Å². The van der Waals surface area contributed by atoms with Gasteiger partial charge in [0.25, 0.3) is 5.91 Å². The molecule has 2 aromatic rings. The molecule has 1 amide bonds. The summed E-state index contributed by atoms with van der Waals surface area (Å²) in [6.45, 7) is 0.462. The van der Waals surface area contributed by atoms with Gasteiger partial charge in [-0.2, -0.15) is 5.10 Å². The summed E-state index contributed by atoms with van der Waals surface area (Å²) in [5.74, 6) is 1.64. The van der Waals surface area contributed by atoms with Gasteiger partial charge in [-0.3, -0.25) is 9.89 Å². The van der Waals surface area contributed by atoms with E-state index in [4.69, 9.17) is 9.47 Å². The Morgan fingerprint density at radius 1 is 1.35 bits per heavy atom. The van der Waals surface area contributed by atoms with Gasteiger partial charge in [0, 0.05) is 19.0 Å². The number of nitrogens with zero attached hydrogens (tertiary/aromatic N) is 2. The molecule has 0 radical (unpaired) electrons. The predicted molar refractivity (Wildman–Crippen MR) is 72.0 cm³/mol. The van der Waals surface area contributed by atoms with E-state index in [1.54, 1.807) is 25.3 Å². The SMILES string of the molecule is COc1ccc(C(=O)NCCc2ncn[nH]2)c(OC)c1. The second-order valence-electron chi connectivity index (χ2n) is 4.00. The quantitative estimate of drug-likeness (QED) is 0.814. The smallest absolute Gasteiger partial charge is 0.255 e. The monoisotopic (exact) mass is 276 g/mol. The van der Waals surface area contributed by atoms with Crippen molar-refractivity contribution in [1.82, 2.24) is 20.5 Å². The number of carbonyl (C=O) groups excluding carboxylic acids is 1. The second kappa shape index (κ2) is 6.55. The normalized spacial score (nSPS) is 10.1. The zero-order valence-electron chi connectivity index (χ0n) is 11.3. The van der Waals surface area contributed by atoms with Gasteiger partial charge >= 0.3 is 0 Å². The van der Waals surface area contributed by atoms with Gasteiger partial charge in [0.05, 0.1) is 19.8 Å². The number of rotatable bonds is 6. The van der Waals surface area contributed by atoms with Crippen molar-refractivity contribution >= 4 is 5.91 Å². The van der Waals surface area contributed by atoms with Crippen LogP contribution in [0.1, 0.15) is 16.2 Å². The van der Waals surface area contributed by atoms with Crippen LogP contribution in [0.2, 0.25) is 0 Å². The maximum Gasteiger partial charge on any atom is 0.255 e. The number of hydrogen-bond acceptors (Lipinski definition) is 5. The van der Waals surface area contributed by atoms with Crippen molar-refractivity contribution in [2.75, 3.05) is 20.8 Å². The Balaban J connectivity index is 1.98. The summed E-state index contributed by atoms with van der Waals surface area (Å²) in [5, 5.41) is 9.28. The van der Waals surface area contributed by atoms with Gasteiger partial charge < -0.3 is 14.8 Å². The summed E-state index contributed by atoms with van der Waals surface area (Å²) in [4.78, 5) is 16.1. The molecule has 1 heterocycles. The number of benzene rings is 1. The van der Waals surface area contributed by atoms with Gasteiger partial charge in [-0.1, -0.05) is 0 Å². The van der Waals surface area contributed by atoms with Crippen molar-refractivity contribution in [3.05, 3.63) is 35.9 Å². The lowest BCUT2D eigenvalue weighted by Gasteiger charge is -2.10. The highest BCUT2D eigenvalue weighted by Crippen LogP contribution is 2.24. The van der Waals surface area contributed by atoms with Crippen LogP contribution in [0.5, 0.6) is 11.5 Å². The molecule has 1 aromatic heterocycles. The molecule has 20 heavy (non-hydrogen) atoms. The topological polar surface area (TPSA) is 89.1 Å². The number of aromatic nitrogens is 3. The molecule has 7 heteroatoms. The molecule has 7 nitrogen and oxygen atoms in total. The van der Waals surface area contributed by atoms with Crippen LogP contribution in [0.4, 0.5) is 0 Å². The van der Waals surface area contributed by atoms with E-state index < -0.39 is 0 Å². The first kappa shape index (κ1) is 13.9. The zero-order valence-corrected chi connectivity index (χ0v) is 11.3. The highest BCUT2D eigenvalue weighted by Gasteiger charge is 2.12.